The lowest BCUT2D eigenvalue weighted by Gasteiger charge is -2.09. The monoisotopic (exact) mass is 221 g/mol. The summed E-state index contributed by atoms with van der Waals surface area (Å²) in [5.41, 5.74) is 0. The van der Waals surface area contributed by atoms with E-state index < -0.39 is 0 Å². The first-order valence-corrected chi connectivity index (χ1v) is 5.14. The second-order valence-electron chi connectivity index (χ2n) is 2.78. The van der Waals surface area contributed by atoms with Gasteiger partial charge in [0.2, 0.25) is 0 Å². The van der Waals surface area contributed by atoms with Crippen LogP contribution >= 0.6 is 27.7 Å². The third-order valence-electron chi connectivity index (χ3n) is 1.48. The summed E-state index contributed by atoms with van der Waals surface area (Å²) in [7, 11) is 2.10. The van der Waals surface area contributed by atoms with Crippen LogP contribution < -0.4 is 0 Å². The van der Waals surface area contributed by atoms with Crippen LogP contribution in [-0.2, 0) is 0 Å². The van der Waals surface area contributed by atoms with Crippen molar-refractivity contribution in [2.24, 2.45) is 5.92 Å². The normalized spacial score (nSPS) is 19.5. The molecule has 0 amide bonds. The lowest BCUT2D eigenvalue weighted by atomic mass is 10.2. The summed E-state index contributed by atoms with van der Waals surface area (Å²) in [6.45, 7) is 4.45. The van der Waals surface area contributed by atoms with Crippen LogP contribution in [0, 0.1) is 5.92 Å². The van der Waals surface area contributed by atoms with Gasteiger partial charge in [0.25, 0.3) is 0 Å². The molecule has 0 saturated carbocycles. The SMILES string of the molecule is CC(C)C1=C(Br)N(C)CS1. The number of allylic oxidation sites excluding steroid dienone is 1. The average Bonchev–Trinajstić information content (AvgIpc) is 2.14. The molecule has 0 spiro atoms. The van der Waals surface area contributed by atoms with Gasteiger partial charge in [-0.25, -0.2) is 0 Å². The fourth-order valence-corrected chi connectivity index (χ4v) is 3.04. The smallest absolute Gasteiger partial charge is 0.0910 e. The maximum absolute atomic E-state index is 3.56. The van der Waals surface area contributed by atoms with Crippen molar-refractivity contribution in [3.05, 3.63) is 9.51 Å². The van der Waals surface area contributed by atoms with E-state index in [9.17, 15) is 0 Å². The zero-order chi connectivity index (χ0) is 7.72. The highest BCUT2D eigenvalue weighted by Gasteiger charge is 2.19. The van der Waals surface area contributed by atoms with Crippen LogP contribution in [0.5, 0.6) is 0 Å². The van der Waals surface area contributed by atoms with Gasteiger partial charge in [0.1, 0.15) is 0 Å². The highest BCUT2D eigenvalue weighted by Crippen LogP contribution is 2.38. The van der Waals surface area contributed by atoms with Crippen LogP contribution in [0.25, 0.3) is 0 Å². The Labute approximate surface area is 75.0 Å². The topological polar surface area (TPSA) is 3.24 Å². The van der Waals surface area contributed by atoms with Crippen LogP contribution in [0.3, 0.4) is 0 Å². The van der Waals surface area contributed by atoms with Gasteiger partial charge in [-0.2, -0.15) is 0 Å². The Morgan fingerprint density at radius 3 is 2.40 bits per heavy atom. The second kappa shape index (κ2) is 3.18. The quantitative estimate of drug-likeness (QED) is 0.627. The molecule has 10 heavy (non-hydrogen) atoms. The Morgan fingerprint density at radius 1 is 1.60 bits per heavy atom. The van der Waals surface area contributed by atoms with Gasteiger partial charge in [-0.1, -0.05) is 13.8 Å². The number of thioether (sulfide) groups is 1. The average molecular weight is 222 g/mol. The number of rotatable bonds is 1. The fourth-order valence-electron chi connectivity index (χ4n) is 0.876. The Balaban J connectivity index is 2.75. The van der Waals surface area contributed by atoms with Crippen molar-refractivity contribution in [2.75, 3.05) is 12.9 Å². The first-order valence-electron chi connectivity index (χ1n) is 3.36. The number of halogens is 1. The minimum Gasteiger partial charge on any atom is -0.359 e. The zero-order valence-corrected chi connectivity index (χ0v) is 8.92. The highest BCUT2D eigenvalue weighted by molar-refractivity contribution is 9.11. The first kappa shape index (κ1) is 8.47. The Hall–Kier alpha value is 0.370. The summed E-state index contributed by atoms with van der Waals surface area (Å²) in [5.74, 6) is 1.75. The molecule has 0 aromatic carbocycles. The molecule has 58 valence electrons. The highest BCUT2D eigenvalue weighted by atomic mass is 79.9. The van der Waals surface area contributed by atoms with Gasteiger partial charge in [0.05, 0.1) is 10.5 Å². The van der Waals surface area contributed by atoms with E-state index in [2.05, 4.69) is 41.7 Å². The van der Waals surface area contributed by atoms with Gasteiger partial charge < -0.3 is 4.90 Å². The van der Waals surface area contributed by atoms with Gasteiger partial charge >= 0.3 is 0 Å². The van der Waals surface area contributed by atoms with E-state index in [-0.39, 0.29) is 0 Å². The maximum Gasteiger partial charge on any atom is 0.0910 e. The number of hydrogen-bond donors (Lipinski definition) is 0. The molecule has 0 aromatic rings. The van der Waals surface area contributed by atoms with Crippen molar-refractivity contribution in [1.29, 1.82) is 0 Å². The lowest BCUT2D eigenvalue weighted by molar-refractivity contribution is 0.536. The van der Waals surface area contributed by atoms with E-state index in [0.29, 0.717) is 5.92 Å². The molecule has 0 atom stereocenters. The molecule has 0 N–H and O–H groups in total. The zero-order valence-electron chi connectivity index (χ0n) is 6.52. The van der Waals surface area contributed by atoms with E-state index in [4.69, 9.17) is 0 Å². The van der Waals surface area contributed by atoms with Crippen LogP contribution in [-0.4, -0.2) is 17.8 Å². The molecule has 1 aliphatic heterocycles. The molecule has 0 aliphatic carbocycles. The van der Waals surface area contributed by atoms with E-state index in [1.165, 1.54) is 9.51 Å². The molecule has 0 radical (unpaired) electrons. The third-order valence-corrected chi connectivity index (χ3v) is 4.26. The molecule has 1 heterocycles. The molecular weight excluding hydrogens is 210 g/mol. The van der Waals surface area contributed by atoms with Crippen LogP contribution in [0.2, 0.25) is 0 Å². The summed E-state index contributed by atoms with van der Waals surface area (Å²) in [6.07, 6.45) is 0. The summed E-state index contributed by atoms with van der Waals surface area (Å²) < 4.78 is 1.27. The molecule has 1 aliphatic rings. The van der Waals surface area contributed by atoms with Gasteiger partial charge in [0.15, 0.2) is 0 Å². The van der Waals surface area contributed by atoms with E-state index >= 15 is 0 Å². The van der Waals surface area contributed by atoms with Crippen molar-refractivity contribution in [3.63, 3.8) is 0 Å². The molecular formula is C7H12BrNS. The number of hydrogen-bond acceptors (Lipinski definition) is 2. The molecule has 0 saturated heterocycles. The standard InChI is InChI=1S/C7H12BrNS/c1-5(2)6-7(8)9(3)4-10-6/h5H,4H2,1-3H3. The fraction of sp³-hybridized carbons (Fsp3) is 0.714. The van der Waals surface area contributed by atoms with E-state index in [0.717, 1.165) is 5.88 Å². The summed E-state index contributed by atoms with van der Waals surface area (Å²) in [6, 6.07) is 0. The summed E-state index contributed by atoms with van der Waals surface area (Å²) in [5, 5.41) is 0. The molecule has 0 fully saturated rings. The lowest BCUT2D eigenvalue weighted by Crippen LogP contribution is -2.07. The van der Waals surface area contributed by atoms with Gasteiger partial charge in [-0.05, 0) is 21.8 Å². The van der Waals surface area contributed by atoms with Crippen molar-refractivity contribution >= 4 is 27.7 Å². The summed E-state index contributed by atoms with van der Waals surface area (Å²) in [4.78, 5) is 3.70. The third kappa shape index (κ3) is 1.51. The van der Waals surface area contributed by atoms with Crippen LogP contribution in [0.1, 0.15) is 13.8 Å². The first-order chi connectivity index (χ1) is 4.63. The Morgan fingerprint density at radius 2 is 2.20 bits per heavy atom. The van der Waals surface area contributed by atoms with Gasteiger partial charge in [-0.15, -0.1) is 11.8 Å². The van der Waals surface area contributed by atoms with Crippen molar-refractivity contribution in [1.82, 2.24) is 4.90 Å². The minimum absolute atomic E-state index is 0.657. The van der Waals surface area contributed by atoms with E-state index in [1.807, 2.05) is 11.8 Å². The largest absolute Gasteiger partial charge is 0.359 e. The van der Waals surface area contributed by atoms with Crippen LogP contribution in [0.15, 0.2) is 9.51 Å². The Bertz CT molecular complexity index is 165. The summed E-state index contributed by atoms with van der Waals surface area (Å²) >= 11 is 5.48. The molecule has 0 aromatic heterocycles. The molecule has 3 heteroatoms. The van der Waals surface area contributed by atoms with E-state index in [1.54, 1.807) is 0 Å². The molecule has 0 bridgehead atoms. The minimum atomic E-state index is 0.657. The second-order valence-corrected chi connectivity index (χ2v) is 4.52. The van der Waals surface area contributed by atoms with Crippen molar-refractivity contribution < 1.29 is 0 Å². The van der Waals surface area contributed by atoms with Crippen LogP contribution in [0.4, 0.5) is 0 Å². The molecule has 1 nitrogen and oxygen atoms in total. The number of nitrogens with zero attached hydrogens (tertiary/aromatic N) is 1. The Kier molecular flexibility index (Phi) is 2.69. The van der Waals surface area contributed by atoms with Crippen molar-refractivity contribution in [3.8, 4) is 0 Å². The maximum atomic E-state index is 3.56. The van der Waals surface area contributed by atoms with Gasteiger partial charge in [-0.3, -0.25) is 0 Å². The van der Waals surface area contributed by atoms with Gasteiger partial charge in [0, 0.05) is 12.0 Å². The predicted molar refractivity (Wildman–Crippen MR) is 51.0 cm³/mol. The van der Waals surface area contributed by atoms with Crippen molar-refractivity contribution in [2.45, 2.75) is 13.8 Å². The molecule has 1 rings (SSSR count). The predicted octanol–water partition coefficient (Wildman–Crippen LogP) is 2.84. The molecule has 0 unspecified atom stereocenters.